The summed E-state index contributed by atoms with van der Waals surface area (Å²) in [5, 5.41) is 0. The highest BCUT2D eigenvalue weighted by Crippen LogP contribution is 2.10. The molecule has 1 rings (SSSR count). The molecule has 0 fully saturated rings. The number of nitrogens with zero attached hydrogens (tertiary/aromatic N) is 1. The number of carbonyl (C=O) groups excluding carboxylic acids is 1. The first-order valence-corrected chi connectivity index (χ1v) is 4.25. The molecule has 0 aliphatic heterocycles. The molecule has 0 aliphatic rings. The third-order valence-corrected chi connectivity index (χ3v) is 2.00. The molecule has 12 heavy (non-hydrogen) atoms. The molecule has 1 aromatic rings. The summed E-state index contributed by atoms with van der Waals surface area (Å²) in [6, 6.07) is 1.91. The van der Waals surface area contributed by atoms with Crippen molar-refractivity contribution in [1.82, 2.24) is 4.98 Å². The van der Waals surface area contributed by atoms with Crippen molar-refractivity contribution in [2.75, 3.05) is 0 Å². The Bertz CT molecular complexity index is 259. The van der Waals surface area contributed by atoms with Crippen LogP contribution in [0.5, 0.6) is 0 Å². The van der Waals surface area contributed by atoms with Gasteiger partial charge in [0.05, 0.1) is 5.69 Å². The first-order chi connectivity index (χ1) is 5.83. The van der Waals surface area contributed by atoms with Crippen LogP contribution < -0.4 is 0 Å². The van der Waals surface area contributed by atoms with Crippen molar-refractivity contribution in [3.63, 3.8) is 0 Å². The maximum absolute atomic E-state index is 10.7. The van der Waals surface area contributed by atoms with Crippen LogP contribution in [0.3, 0.4) is 0 Å². The van der Waals surface area contributed by atoms with Crippen molar-refractivity contribution in [3.05, 3.63) is 29.1 Å². The van der Waals surface area contributed by atoms with E-state index in [1.54, 1.807) is 6.20 Å². The van der Waals surface area contributed by atoms with E-state index < -0.39 is 0 Å². The highest BCUT2D eigenvalue weighted by molar-refractivity contribution is 5.78. The molecule has 0 unspecified atom stereocenters. The maximum atomic E-state index is 10.7. The number of hydrogen-bond donors (Lipinski definition) is 0. The van der Waals surface area contributed by atoms with Crippen LogP contribution in [0.2, 0.25) is 0 Å². The third-order valence-electron chi connectivity index (χ3n) is 2.00. The van der Waals surface area contributed by atoms with Crippen molar-refractivity contribution in [3.8, 4) is 0 Å². The van der Waals surface area contributed by atoms with Crippen LogP contribution in [0.25, 0.3) is 0 Å². The zero-order valence-electron chi connectivity index (χ0n) is 7.50. The lowest BCUT2D eigenvalue weighted by molar-refractivity contribution is 0.112. The highest BCUT2D eigenvalue weighted by atomic mass is 16.1. The largest absolute Gasteiger partial charge is 0.298 e. The van der Waals surface area contributed by atoms with Gasteiger partial charge in [-0.1, -0.05) is 13.8 Å². The Morgan fingerprint density at radius 1 is 1.42 bits per heavy atom. The van der Waals surface area contributed by atoms with Crippen molar-refractivity contribution >= 4 is 6.29 Å². The number of aromatic nitrogens is 1. The van der Waals surface area contributed by atoms with Crippen molar-refractivity contribution < 1.29 is 4.79 Å². The van der Waals surface area contributed by atoms with Crippen LogP contribution in [0.15, 0.2) is 12.3 Å². The number of aryl methyl sites for hydroxylation is 2. The Morgan fingerprint density at radius 3 is 2.67 bits per heavy atom. The smallest absolute Gasteiger partial charge is 0.152 e. The van der Waals surface area contributed by atoms with Gasteiger partial charge in [-0.3, -0.25) is 9.78 Å². The quantitative estimate of drug-likeness (QED) is 0.638. The van der Waals surface area contributed by atoms with Gasteiger partial charge in [0.2, 0.25) is 0 Å². The monoisotopic (exact) mass is 163 g/mol. The molecular weight excluding hydrogens is 150 g/mol. The predicted molar refractivity (Wildman–Crippen MR) is 48.4 cm³/mol. The van der Waals surface area contributed by atoms with E-state index in [9.17, 15) is 4.79 Å². The summed E-state index contributed by atoms with van der Waals surface area (Å²) in [6.45, 7) is 4.05. The molecular formula is C10H13NO. The van der Waals surface area contributed by atoms with E-state index in [1.165, 1.54) is 0 Å². The standard InChI is InChI=1S/C10H13NO/c1-3-8-5-6-11-10(4-2)9(8)7-12/h5-7H,3-4H2,1-2H3. The lowest BCUT2D eigenvalue weighted by Gasteiger charge is -2.04. The van der Waals surface area contributed by atoms with Crippen LogP contribution in [-0.4, -0.2) is 11.3 Å². The first kappa shape index (κ1) is 8.91. The fourth-order valence-corrected chi connectivity index (χ4v) is 1.30. The molecule has 0 radical (unpaired) electrons. The Morgan fingerprint density at radius 2 is 2.17 bits per heavy atom. The minimum Gasteiger partial charge on any atom is -0.298 e. The summed E-state index contributed by atoms with van der Waals surface area (Å²) in [6.07, 6.45) is 4.39. The van der Waals surface area contributed by atoms with Gasteiger partial charge in [-0.2, -0.15) is 0 Å². The van der Waals surface area contributed by atoms with Gasteiger partial charge in [-0.25, -0.2) is 0 Å². The van der Waals surface area contributed by atoms with E-state index >= 15 is 0 Å². The van der Waals surface area contributed by atoms with Gasteiger partial charge in [0, 0.05) is 11.8 Å². The van der Waals surface area contributed by atoms with Gasteiger partial charge in [0.25, 0.3) is 0 Å². The molecule has 0 N–H and O–H groups in total. The molecule has 2 nitrogen and oxygen atoms in total. The Kier molecular flexibility index (Phi) is 2.97. The summed E-state index contributed by atoms with van der Waals surface area (Å²) in [5.41, 5.74) is 2.78. The average molecular weight is 163 g/mol. The van der Waals surface area contributed by atoms with E-state index in [0.717, 1.165) is 35.9 Å². The van der Waals surface area contributed by atoms with Crippen LogP contribution in [0, 0.1) is 0 Å². The second kappa shape index (κ2) is 4.00. The van der Waals surface area contributed by atoms with Gasteiger partial charge in [-0.15, -0.1) is 0 Å². The molecule has 0 amide bonds. The second-order valence-corrected chi connectivity index (χ2v) is 2.66. The van der Waals surface area contributed by atoms with Gasteiger partial charge < -0.3 is 0 Å². The van der Waals surface area contributed by atoms with E-state index in [-0.39, 0.29) is 0 Å². The molecule has 0 spiro atoms. The minimum atomic E-state index is 0.780. The van der Waals surface area contributed by atoms with Crippen LogP contribution in [0.4, 0.5) is 0 Å². The molecule has 2 heteroatoms. The molecule has 0 saturated heterocycles. The summed E-state index contributed by atoms with van der Waals surface area (Å²) >= 11 is 0. The van der Waals surface area contributed by atoms with Gasteiger partial charge in [0.15, 0.2) is 6.29 Å². The van der Waals surface area contributed by atoms with Crippen molar-refractivity contribution in [2.24, 2.45) is 0 Å². The Labute approximate surface area is 72.6 Å². The lowest BCUT2D eigenvalue weighted by atomic mass is 10.0. The average Bonchev–Trinajstić information content (AvgIpc) is 2.16. The summed E-state index contributed by atoms with van der Waals surface area (Å²) in [4.78, 5) is 14.9. The molecule has 0 saturated carbocycles. The number of rotatable bonds is 3. The molecule has 1 aromatic heterocycles. The van der Waals surface area contributed by atoms with E-state index in [2.05, 4.69) is 4.98 Å². The van der Waals surface area contributed by atoms with Gasteiger partial charge in [-0.05, 0) is 24.5 Å². The SMILES string of the molecule is CCc1ccnc(CC)c1C=O. The molecule has 64 valence electrons. The van der Waals surface area contributed by atoms with Crippen LogP contribution >= 0.6 is 0 Å². The van der Waals surface area contributed by atoms with Crippen molar-refractivity contribution in [2.45, 2.75) is 26.7 Å². The van der Waals surface area contributed by atoms with Crippen LogP contribution in [-0.2, 0) is 12.8 Å². The summed E-state index contributed by atoms with van der Waals surface area (Å²) in [7, 11) is 0. The minimum absolute atomic E-state index is 0.780. The van der Waals surface area contributed by atoms with E-state index in [4.69, 9.17) is 0 Å². The molecule has 1 heterocycles. The van der Waals surface area contributed by atoms with E-state index in [1.807, 2.05) is 19.9 Å². The second-order valence-electron chi connectivity index (χ2n) is 2.66. The first-order valence-electron chi connectivity index (χ1n) is 4.25. The zero-order valence-corrected chi connectivity index (χ0v) is 7.50. The maximum Gasteiger partial charge on any atom is 0.152 e. The van der Waals surface area contributed by atoms with Gasteiger partial charge >= 0.3 is 0 Å². The van der Waals surface area contributed by atoms with Crippen LogP contribution in [0.1, 0.15) is 35.5 Å². The fraction of sp³-hybridized carbons (Fsp3) is 0.400. The van der Waals surface area contributed by atoms with Crippen molar-refractivity contribution in [1.29, 1.82) is 0 Å². The molecule has 0 aromatic carbocycles. The molecule has 0 aliphatic carbocycles. The third kappa shape index (κ3) is 1.52. The molecule has 0 bridgehead atoms. The summed E-state index contributed by atoms with van der Waals surface area (Å²) in [5.74, 6) is 0. The Balaban J connectivity index is 3.21. The number of carbonyl (C=O) groups is 1. The summed E-state index contributed by atoms with van der Waals surface area (Å²) < 4.78 is 0. The number of pyridine rings is 1. The Hall–Kier alpha value is -1.18. The predicted octanol–water partition coefficient (Wildman–Crippen LogP) is 2.02. The topological polar surface area (TPSA) is 30.0 Å². The fourth-order valence-electron chi connectivity index (χ4n) is 1.30. The number of hydrogen-bond acceptors (Lipinski definition) is 2. The highest BCUT2D eigenvalue weighted by Gasteiger charge is 2.04. The normalized spacial score (nSPS) is 9.83. The van der Waals surface area contributed by atoms with E-state index in [0.29, 0.717) is 0 Å². The number of aldehydes is 1. The van der Waals surface area contributed by atoms with Gasteiger partial charge in [0.1, 0.15) is 0 Å². The zero-order chi connectivity index (χ0) is 8.97. The molecule has 0 atom stereocenters. The lowest BCUT2D eigenvalue weighted by Crippen LogP contribution is -1.99.